The molecular formula is C31H21NO2. The number of hydrogen-bond donors (Lipinski definition) is 2. The quantitative estimate of drug-likeness (QED) is 0.219. The van der Waals surface area contributed by atoms with Gasteiger partial charge in [-0.15, -0.1) is 0 Å². The second-order valence-electron chi connectivity index (χ2n) is 8.42. The molecule has 0 aliphatic heterocycles. The first-order valence-electron chi connectivity index (χ1n) is 11.2. The number of nitrogens with two attached hydrogens (primary N) is 1. The smallest absolute Gasteiger partial charge is 0.338 e. The summed E-state index contributed by atoms with van der Waals surface area (Å²) in [5, 5.41) is 16.6. The Labute approximate surface area is 196 Å². The van der Waals surface area contributed by atoms with E-state index in [0.717, 1.165) is 49.0 Å². The molecular weight excluding hydrogens is 418 g/mol. The lowest BCUT2D eigenvalue weighted by Gasteiger charge is -2.22. The fraction of sp³-hybridized carbons (Fsp3) is 0. The number of aromatic carboxylic acids is 1. The van der Waals surface area contributed by atoms with Crippen molar-refractivity contribution in [1.29, 1.82) is 0 Å². The molecule has 3 nitrogen and oxygen atoms in total. The molecule has 0 bridgehead atoms. The van der Waals surface area contributed by atoms with Gasteiger partial charge in [0.1, 0.15) is 0 Å². The van der Waals surface area contributed by atoms with Crippen LogP contribution in [0.4, 0.5) is 5.69 Å². The summed E-state index contributed by atoms with van der Waals surface area (Å²) in [6.07, 6.45) is 0. The highest BCUT2D eigenvalue weighted by atomic mass is 16.4. The van der Waals surface area contributed by atoms with Crippen molar-refractivity contribution in [2.75, 3.05) is 5.73 Å². The van der Waals surface area contributed by atoms with E-state index in [1.165, 1.54) is 0 Å². The van der Waals surface area contributed by atoms with Crippen LogP contribution in [-0.4, -0.2) is 11.1 Å². The Bertz CT molecular complexity index is 1720. The van der Waals surface area contributed by atoms with Gasteiger partial charge in [-0.2, -0.15) is 0 Å². The maximum Gasteiger partial charge on any atom is 0.338 e. The lowest BCUT2D eigenvalue weighted by Crippen LogP contribution is -2.08. The highest BCUT2D eigenvalue weighted by molar-refractivity contribution is 6.34. The molecule has 0 radical (unpaired) electrons. The van der Waals surface area contributed by atoms with Crippen LogP contribution in [0.2, 0.25) is 0 Å². The number of carbonyl (C=O) groups is 1. The van der Waals surface area contributed by atoms with Crippen molar-refractivity contribution >= 4 is 44.0 Å². The van der Waals surface area contributed by atoms with Crippen molar-refractivity contribution in [3.63, 3.8) is 0 Å². The van der Waals surface area contributed by atoms with Gasteiger partial charge in [0.2, 0.25) is 0 Å². The summed E-state index contributed by atoms with van der Waals surface area (Å²) in [5.74, 6) is -1.03. The molecule has 3 heteroatoms. The zero-order valence-electron chi connectivity index (χ0n) is 18.3. The standard InChI is InChI=1S/C31H21NO2/c32-30-26(20-13-5-2-6-14-20)28-24-18-10-8-16-22(24)21-15-7-9-17-23(21)27(28)25(29(30)31(33)34)19-11-3-1-4-12-19/h1-18H,32H2,(H,33,34). The Kier molecular flexibility index (Phi) is 4.56. The zero-order valence-corrected chi connectivity index (χ0v) is 18.3. The third-order valence-electron chi connectivity index (χ3n) is 6.56. The SMILES string of the molecule is Nc1c(C(=O)O)c(-c2ccccc2)c2c3ccccc3c3ccccc3c2c1-c1ccccc1. The second kappa shape index (κ2) is 7.75. The number of carboxylic acids is 1. The van der Waals surface area contributed by atoms with Crippen LogP contribution in [-0.2, 0) is 0 Å². The number of hydrogen-bond acceptors (Lipinski definition) is 2. The van der Waals surface area contributed by atoms with Gasteiger partial charge in [0.25, 0.3) is 0 Å². The number of benzene rings is 6. The van der Waals surface area contributed by atoms with Crippen LogP contribution in [0.25, 0.3) is 54.6 Å². The Morgan fingerprint density at radius 1 is 0.529 bits per heavy atom. The van der Waals surface area contributed by atoms with Gasteiger partial charge in [0.15, 0.2) is 0 Å². The highest BCUT2D eigenvalue weighted by Gasteiger charge is 2.26. The van der Waals surface area contributed by atoms with Gasteiger partial charge in [-0.05, 0) is 38.1 Å². The van der Waals surface area contributed by atoms with E-state index in [-0.39, 0.29) is 11.3 Å². The van der Waals surface area contributed by atoms with Crippen molar-refractivity contribution < 1.29 is 9.90 Å². The van der Waals surface area contributed by atoms with Crippen molar-refractivity contribution in [3.05, 3.63) is 115 Å². The minimum atomic E-state index is -1.03. The molecule has 3 N–H and O–H groups in total. The van der Waals surface area contributed by atoms with E-state index in [4.69, 9.17) is 5.73 Å². The average Bonchev–Trinajstić information content (AvgIpc) is 2.89. The van der Waals surface area contributed by atoms with Crippen LogP contribution >= 0.6 is 0 Å². The monoisotopic (exact) mass is 439 g/mol. The average molecular weight is 440 g/mol. The van der Waals surface area contributed by atoms with E-state index in [9.17, 15) is 9.90 Å². The topological polar surface area (TPSA) is 63.3 Å². The van der Waals surface area contributed by atoms with E-state index in [2.05, 4.69) is 24.3 Å². The summed E-state index contributed by atoms with van der Waals surface area (Å²) < 4.78 is 0. The van der Waals surface area contributed by atoms with Gasteiger partial charge in [-0.1, -0.05) is 109 Å². The second-order valence-corrected chi connectivity index (χ2v) is 8.42. The first-order valence-corrected chi connectivity index (χ1v) is 11.2. The van der Waals surface area contributed by atoms with E-state index in [1.54, 1.807) is 0 Å². The zero-order chi connectivity index (χ0) is 23.2. The van der Waals surface area contributed by atoms with Crippen LogP contribution in [0.1, 0.15) is 10.4 Å². The van der Waals surface area contributed by atoms with Crippen LogP contribution in [0, 0.1) is 0 Å². The molecule has 6 aromatic carbocycles. The van der Waals surface area contributed by atoms with E-state index >= 15 is 0 Å². The molecule has 162 valence electrons. The summed E-state index contributed by atoms with van der Waals surface area (Å²) in [4.78, 5) is 12.8. The molecule has 0 aliphatic rings. The fourth-order valence-electron chi connectivity index (χ4n) is 5.20. The van der Waals surface area contributed by atoms with Crippen molar-refractivity contribution in [3.8, 4) is 22.3 Å². The fourth-order valence-corrected chi connectivity index (χ4v) is 5.20. The van der Waals surface area contributed by atoms with Gasteiger partial charge >= 0.3 is 5.97 Å². The predicted octanol–water partition coefficient (Wildman–Crippen LogP) is 7.76. The first-order chi connectivity index (χ1) is 16.7. The molecule has 0 aliphatic carbocycles. The van der Waals surface area contributed by atoms with Gasteiger partial charge in [0.05, 0.1) is 11.3 Å². The van der Waals surface area contributed by atoms with Crippen molar-refractivity contribution in [2.45, 2.75) is 0 Å². The minimum absolute atomic E-state index is 0.137. The van der Waals surface area contributed by atoms with E-state index in [0.29, 0.717) is 5.56 Å². The minimum Gasteiger partial charge on any atom is -0.478 e. The molecule has 6 rings (SSSR count). The number of fused-ring (bicyclic) bond motifs is 6. The molecule has 0 saturated carbocycles. The summed E-state index contributed by atoms with van der Waals surface area (Å²) in [7, 11) is 0. The van der Waals surface area contributed by atoms with Crippen LogP contribution in [0.15, 0.2) is 109 Å². The maximum absolute atomic E-state index is 12.8. The molecule has 0 atom stereocenters. The number of rotatable bonds is 3. The van der Waals surface area contributed by atoms with Crippen molar-refractivity contribution in [1.82, 2.24) is 0 Å². The normalized spacial score (nSPS) is 11.3. The molecule has 34 heavy (non-hydrogen) atoms. The first kappa shape index (κ1) is 20.0. The Balaban J connectivity index is 2.02. The highest BCUT2D eigenvalue weighted by Crippen LogP contribution is 2.49. The van der Waals surface area contributed by atoms with Crippen molar-refractivity contribution in [2.24, 2.45) is 0 Å². The molecule has 0 spiro atoms. The third kappa shape index (κ3) is 2.87. The molecule has 0 amide bonds. The molecule has 0 heterocycles. The third-order valence-corrected chi connectivity index (χ3v) is 6.56. The van der Waals surface area contributed by atoms with Gasteiger partial charge in [-0.3, -0.25) is 0 Å². The summed E-state index contributed by atoms with van der Waals surface area (Å²) in [6.45, 7) is 0. The molecule has 0 saturated heterocycles. The summed E-state index contributed by atoms with van der Waals surface area (Å²) in [6, 6.07) is 36.0. The van der Waals surface area contributed by atoms with Crippen LogP contribution < -0.4 is 5.73 Å². The summed E-state index contributed by atoms with van der Waals surface area (Å²) in [5.41, 5.74) is 10.3. The van der Waals surface area contributed by atoms with Gasteiger partial charge in [0, 0.05) is 16.5 Å². The molecule has 6 aromatic rings. The van der Waals surface area contributed by atoms with Crippen LogP contribution in [0.5, 0.6) is 0 Å². The maximum atomic E-state index is 12.8. The Morgan fingerprint density at radius 2 is 0.912 bits per heavy atom. The Hall–Kier alpha value is -4.63. The lowest BCUT2D eigenvalue weighted by molar-refractivity contribution is 0.0699. The van der Waals surface area contributed by atoms with Gasteiger partial charge < -0.3 is 10.8 Å². The predicted molar refractivity (Wildman–Crippen MR) is 141 cm³/mol. The van der Waals surface area contributed by atoms with E-state index in [1.807, 2.05) is 84.9 Å². The van der Waals surface area contributed by atoms with Gasteiger partial charge in [-0.25, -0.2) is 4.79 Å². The largest absolute Gasteiger partial charge is 0.478 e. The van der Waals surface area contributed by atoms with Crippen LogP contribution in [0.3, 0.4) is 0 Å². The number of nitrogen functional groups attached to an aromatic ring is 1. The molecule has 0 fully saturated rings. The lowest BCUT2D eigenvalue weighted by atomic mass is 9.82. The summed E-state index contributed by atoms with van der Waals surface area (Å²) >= 11 is 0. The number of carboxylic acid groups (broad SMARTS) is 1. The molecule has 0 aromatic heterocycles. The molecule has 0 unspecified atom stereocenters. The van der Waals surface area contributed by atoms with E-state index < -0.39 is 5.97 Å². The Morgan fingerprint density at radius 3 is 1.38 bits per heavy atom. The number of anilines is 1.